The van der Waals surface area contributed by atoms with Gasteiger partial charge in [-0.3, -0.25) is 9.58 Å². The molecular formula is C18H20FN5O. The molecule has 1 aromatic carbocycles. The molecule has 3 heterocycles. The van der Waals surface area contributed by atoms with E-state index < -0.39 is 0 Å². The van der Waals surface area contributed by atoms with Crippen molar-refractivity contribution in [3.8, 4) is 11.3 Å². The molecule has 25 heavy (non-hydrogen) atoms. The van der Waals surface area contributed by atoms with E-state index in [9.17, 15) is 4.39 Å². The smallest absolute Gasteiger partial charge is 0.229 e. The van der Waals surface area contributed by atoms with E-state index in [0.29, 0.717) is 11.7 Å². The molecule has 0 N–H and O–H groups in total. The molecule has 1 aliphatic heterocycles. The fraction of sp³-hybridized carbons (Fsp3) is 0.389. The van der Waals surface area contributed by atoms with Crippen LogP contribution in [-0.2, 0) is 6.67 Å². The van der Waals surface area contributed by atoms with Crippen molar-refractivity contribution in [2.24, 2.45) is 0 Å². The number of piperidine rings is 1. The Labute approximate surface area is 145 Å². The lowest BCUT2D eigenvalue weighted by Crippen LogP contribution is -2.34. The minimum atomic E-state index is -0.234. The summed E-state index contributed by atoms with van der Waals surface area (Å²) in [6.07, 6.45) is 3.98. The summed E-state index contributed by atoms with van der Waals surface area (Å²) in [5, 5.41) is 8.47. The van der Waals surface area contributed by atoms with Crippen molar-refractivity contribution < 1.29 is 8.91 Å². The summed E-state index contributed by atoms with van der Waals surface area (Å²) in [4.78, 5) is 6.71. The number of nitrogens with zero attached hydrogens (tertiary/aromatic N) is 5. The topological polar surface area (TPSA) is 60.0 Å². The minimum absolute atomic E-state index is 0.234. The Kier molecular flexibility index (Phi) is 4.31. The Morgan fingerprint density at radius 3 is 2.60 bits per heavy atom. The number of aryl methyl sites for hydroxylation is 1. The number of rotatable bonds is 4. The first-order valence-corrected chi connectivity index (χ1v) is 8.49. The standard InChI is InChI=1S/C18H20FN5O/c1-13-20-18(25-22-13)15-6-9-23(10-7-15)12-24-11-8-17(21-24)14-2-4-16(19)5-3-14/h2-5,8,11,15H,6-7,9-10,12H2,1H3. The van der Waals surface area contributed by atoms with Gasteiger partial charge in [0.25, 0.3) is 0 Å². The van der Waals surface area contributed by atoms with Crippen LogP contribution in [0.5, 0.6) is 0 Å². The van der Waals surface area contributed by atoms with Crippen molar-refractivity contribution >= 4 is 0 Å². The van der Waals surface area contributed by atoms with Crippen molar-refractivity contribution in [3.05, 3.63) is 54.1 Å². The Morgan fingerprint density at radius 1 is 1.16 bits per heavy atom. The van der Waals surface area contributed by atoms with E-state index in [1.807, 2.05) is 23.9 Å². The van der Waals surface area contributed by atoms with Crippen LogP contribution >= 0.6 is 0 Å². The number of aromatic nitrogens is 4. The van der Waals surface area contributed by atoms with E-state index >= 15 is 0 Å². The number of benzene rings is 1. The largest absolute Gasteiger partial charge is 0.339 e. The minimum Gasteiger partial charge on any atom is -0.339 e. The van der Waals surface area contributed by atoms with Crippen molar-refractivity contribution in [1.82, 2.24) is 24.8 Å². The zero-order chi connectivity index (χ0) is 17.2. The molecule has 0 aliphatic carbocycles. The second-order valence-corrected chi connectivity index (χ2v) is 6.46. The number of likely N-dealkylation sites (tertiary alicyclic amines) is 1. The maximum absolute atomic E-state index is 13.0. The number of halogens is 1. The van der Waals surface area contributed by atoms with Crippen LogP contribution in [0.1, 0.15) is 30.5 Å². The Hall–Kier alpha value is -2.54. The van der Waals surface area contributed by atoms with E-state index in [0.717, 1.165) is 49.7 Å². The van der Waals surface area contributed by atoms with Gasteiger partial charge in [-0.15, -0.1) is 0 Å². The van der Waals surface area contributed by atoms with Crippen LogP contribution in [0.25, 0.3) is 11.3 Å². The molecule has 0 saturated carbocycles. The van der Waals surface area contributed by atoms with Crippen LogP contribution in [0, 0.1) is 12.7 Å². The molecule has 0 amide bonds. The van der Waals surface area contributed by atoms with Crippen LogP contribution in [0.15, 0.2) is 41.1 Å². The van der Waals surface area contributed by atoms with Crippen LogP contribution in [-0.4, -0.2) is 37.9 Å². The third-order valence-corrected chi connectivity index (χ3v) is 4.61. The fourth-order valence-corrected chi connectivity index (χ4v) is 3.22. The molecule has 3 aromatic rings. The molecular weight excluding hydrogens is 321 g/mol. The highest BCUT2D eigenvalue weighted by Crippen LogP contribution is 2.27. The first-order chi connectivity index (χ1) is 12.2. The molecule has 2 aromatic heterocycles. The van der Waals surface area contributed by atoms with E-state index in [-0.39, 0.29) is 5.82 Å². The predicted octanol–water partition coefficient (Wildman–Crippen LogP) is 3.22. The van der Waals surface area contributed by atoms with Crippen LogP contribution in [0.4, 0.5) is 4.39 Å². The molecule has 1 aliphatic rings. The third kappa shape index (κ3) is 3.61. The van der Waals surface area contributed by atoms with Gasteiger partial charge in [-0.2, -0.15) is 10.1 Å². The zero-order valence-electron chi connectivity index (χ0n) is 14.1. The van der Waals surface area contributed by atoms with E-state index in [1.54, 1.807) is 12.1 Å². The average molecular weight is 341 g/mol. The van der Waals surface area contributed by atoms with Gasteiger partial charge >= 0.3 is 0 Å². The molecule has 4 rings (SSSR count). The molecule has 6 nitrogen and oxygen atoms in total. The maximum atomic E-state index is 13.0. The first kappa shape index (κ1) is 16.0. The summed E-state index contributed by atoms with van der Waals surface area (Å²) in [7, 11) is 0. The monoisotopic (exact) mass is 341 g/mol. The Bertz CT molecular complexity index is 833. The maximum Gasteiger partial charge on any atom is 0.229 e. The summed E-state index contributed by atoms with van der Waals surface area (Å²) in [5.41, 5.74) is 1.78. The predicted molar refractivity (Wildman–Crippen MR) is 90.2 cm³/mol. The lowest BCUT2D eigenvalue weighted by Gasteiger charge is -2.29. The molecule has 0 spiro atoms. The second-order valence-electron chi connectivity index (χ2n) is 6.46. The average Bonchev–Trinajstić information content (AvgIpc) is 3.26. The van der Waals surface area contributed by atoms with Gasteiger partial charge in [0.2, 0.25) is 5.89 Å². The van der Waals surface area contributed by atoms with E-state index in [2.05, 4.69) is 20.1 Å². The summed E-state index contributed by atoms with van der Waals surface area (Å²) in [6.45, 7) is 4.53. The summed E-state index contributed by atoms with van der Waals surface area (Å²) in [6, 6.07) is 8.37. The lowest BCUT2D eigenvalue weighted by molar-refractivity contribution is 0.151. The summed E-state index contributed by atoms with van der Waals surface area (Å²) >= 11 is 0. The number of hydrogen-bond acceptors (Lipinski definition) is 5. The second kappa shape index (κ2) is 6.76. The molecule has 0 atom stereocenters. The zero-order valence-corrected chi connectivity index (χ0v) is 14.1. The molecule has 1 fully saturated rings. The van der Waals surface area contributed by atoms with Gasteiger partial charge in [-0.25, -0.2) is 4.39 Å². The van der Waals surface area contributed by atoms with Gasteiger partial charge in [0.15, 0.2) is 5.82 Å². The normalized spacial score (nSPS) is 16.4. The van der Waals surface area contributed by atoms with Gasteiger partial charge in [0.05, 0.1) is 12.4 Å². The van der Waals surface area contributed by atoms with Crippen molar-refractivity contribution in [3.63, 3.8) is 0 Å². The summed E-state index contributed by atoms with van der Waals surface area (Å²) in [5.74, 6) is 1.57. The highest BCUT2D eigenvalue weighted by atomic mass is 19.1. The van der Waals surface area contributed by atoms with Crippen molar-refractivity contribution in [2.75, 3.05) is 13.1 Å². The molecule has 0 radical (unpaired) electrons. The Morgan fingerprint density at radius 2 is 1.92 bits per heavy atom. The molecule has 7 heteroatoms. The summed E-state index contributed by atoms with van der Waals surface area (Å²) < 4.78 is 20.2. The van der Waals surface area contributed by atoms with Gasteiger partial charge in [-0.1, -0.05) is 5.16 Å². The van der Waals surface area contributed by atoms with Crippen molar-refractivity contribution in [2.45, 2.75) is 32.4 Å². The lowest BCUT2D eigenvalue weighted by atomic mass is 9.97. The van der Waals surface area contributed by atoms with Crippen LogP contribution in [0.2, 0.25) is 0 Å². The molecule has 1 saturated heterocycles. The van der Waals surface area contributed by atoms with Gasteiger partial charge in [0, 0.05) is 30.8 Å². The fourth-order valence-electron chi connectivity index (χ4n) is 3.22. The van der Waals surface area contributed by atoms with Gasteiger partial charge < -0.3 is 4.52 Å². The molecule has 0 bridgehead atoms. The van der Waals surface area contributed by atoms with E-state index in [4.69, 9.17) is 4.52 Å². The van der Waals surface area contributed by atoms with Crippen LogP contribution in [0.3, 0.4) is 0 Å². The van der Waals surface area contributed by atoms with Crippen molar-refractivity contribution in [1.29, 1.82) is 0 Å². The van der Waals surface area contributed by atoms with Gasteiger partial charge in [0.1, 0.15) is 5.82 Å². The highest BCUT2D eigenvalue weighted by Gasteiger charge is 2.25. The van der Waals surface area contributed by atoms with E-state index in [1.165, 1.54) is 12.1 Å². The first-order valence-electron chi connectivity index (χ1n) is 8.49. The quantitative estimate of drug-likeness (QED) is 0.729. The molecule has 130 valence electrons. The number of hydrogen-bond donors (Lipinski definition) is 0. The third-order valence-electron chi connectivity index (χ3n) is 4.61. The highest BCUT2D eigenvalue weighted by molar-refractivity contribution is 5.58. The van der Waals surface area contributed by atoms with Crippen LogP contribution < -0.4 is 0 Å². The Balaban J connectivity index is 1.35. The van der Waals surface area contributed by atoms with Gasteiger partial charge in [-0.05, 0) is 50.1 Å². The molecule has 0 unspecified atom stereocenters. The SMILES string of the molecule is Cc1noc(C2CCN(Cn3ccc(-c4ccc(F)cc4)n3)CC2)n1.